The third-order valence-electron chi connectivity index (χ3n) is 2.97. The van der Waals surface area contributed by atoms with E-state index in [1.807, 2.05) is 0 Å². The van der Waals surface area contributed by atoms with Crippen LogP contribution in [0.15, 0.2) is 22.7 Å². The number of nitrogens with zero attached hydrogens (tertiary/aromatic N) is 1. The molecule has 19 heavy (non-hydrogen) atoms. The maximum atomic E-state index is 12.0. The molecule has 0 bridgehead atoms. The third-order valence-corrected chi connectivity index (χ3v) is 4.20. The van der Waals surface area contributed by atoms with Crippen molar-refractivity contribution in [2.45, 2.75) is 18.9 Å². The molecule has 1 aliphatic heterocycles. The Balaban J connectivity index is 2.08. The van der Waals surface area contributed by atoms with Gasteiger partial charge in [0.15, 0.2) is 0 Å². The molecule has 0 aromatic heterocycles. The predicted octanol–water partition coefficient (Wildman–Crippen LogP) is 3.18. The molecule has 102 valence electrons. The molecule has 1 aromatic rings. The SMILES string of the molecule is O=C(O)[C@@H]1CCCN1C(=O)Nc1ccc(Br)c(Cl)c1. The molecule has 0 unspecified atom stereocenters. The van der Waals surface area contributed by atoms with Crippen LogP contribution in [0.25, 0.3) is 0 Å². The Morgan fingerprint density at radius 2 is 2.21 bits per heavy atom. The molecule has 1 heterocycles. The lowest BCUT2D eigenvalue weighted by molar-refractivity contribution is -0.141. The van der Waals surface area contributed by atoms with E-state index in [4.69, 9.17) is 16.7 Å². The van der Waals surface area contributed by atoms with E-state index in [2.05, 4.69) is 21.2 Å². The highest BCUT2D eigenvalue weighted by Crippen LogP contribution is 2.26. The molecule has 0 radical (unpaired) electrons. The predicted molar refractivity (Wildman–Crippen MR) is 75.5 cm³/mol. The van der Waals surface area contributed by atoms with Gasteiger partial charge in [-0.1, -0.05) is 11.6 Å². The summed E-state index contributed by atoms with van der Waals surface area (Å²) in [4.78, 5) is 24.4. The highest BCUT2D eigenvalue weighted by molar-refractivity contribution is 9.10. The van der Waals surface area contributed by atoms with Crippen LogP contribution >= 0.6 is 27.5 Å². The molecule has 1 aromatic carbocycles. The number of aliphatic carboxylic acids is 1. The molecule has 0 aliphatic carbocycles. The number of carboxylic acids is 1. The first kappa shape index (κ1) is 14.1. The van der Waals surface area contributed by atoms with Gasteiger partial charge in [-0.2, -0.15) is 0 Å². The van der Waals surface area contributed by atoms with Crippen LogP contribution in [-0.4, -0.2) is 34.6 Å². The van der Waals surface area contributed by atoms with Crippen LogP contribution in [0.5, 0.6) is 0 Å². The lowest BCUT2D eigenvalue weighted by Gasteiger charge is -2.21. The Kier molecular flexibility index (Phi) is 4.31. The molecular formula is C12H12BrClN2O3. The van der Waals surface area contributed by atoms with Gasteiger partial charge in [0.1, 0.15) is 6.04 Å². The smallest absolute Gasteiger partial charge is 0.326 e. The van der Waals surface area contributed by atoms with Crippen molar-refractivity contribution in [3.63, 3.8) is 0 Å². The number of benzene rings is 1. The molecule has 5 nitrogen and oxygen atoms in total. The van der Waals surface area contributed by atoms with Gasteiger partial charge in [0.25, 0.3) is 0 Å². The standard InChI is InChI=1S/C12H12BrClN2O3/c13-8-4-3-7(6-9(8)14)15-12(19)16-5-1-2-10(16)11(17)18/h3-4,6,10H,1-2,5H2,(H,15,19)(H,17,18)/t10-/m0/s1. The van der Waals surface area contributed by atoms with Gasteiger partial charge in [0.2, 0.25) is 0 Å². The van der Waals surface area contributed by atoms with E-state index in [-0.39, 0.29) is 0 Å². The molecule has 1 atom stereocenters. The molecule has 1 aliphatic rings. The molecule has 7 heteroatoms. The summed E-state index contributed by atoms with van der Waals surface area (Å²) < 4.78 is 0.733. The molecule has 1 fully saturated rings. The van der Waals surface area contributed by atoms with Crippen molar-refractivity contribution >= 4 is 45.2 Å². The molecule has 2 N–H and O–H groups in total. The fourth-order valence-corrected chi connectivity index (χ4v) is 2.46. The monoisotopic (exact) mass is 346 g/mol. The summed E-state index contributed by atoms with van der Waals surface area (Å²) >= 11 is 9.19. The fraction of sp³-hybridized carbons (Fsp3) is 0.333. The van der Waals surface area contributed by atoms with Crippen molar-refractivity contribution in [1.82, 2.24) is 4.90 Å². The minimum atomic E-state index is -0.971. The largest absolute Gasteiger partial charge is 0.480 e. The number of nitrogens with one attached hydrogen (secondary N) is 1. The average molecular weight is 348 g/mol. The van der Waals surface area contributed by atoms with E-state index in [0.717, 1.165) is 4.47 Å². The third kappa shape index (κ3) is 3.19. The number of hydrogen-bond acceptors (Lipinski definition) is 2. The van der Waals surface area contributed by atoms with Crippen LogP contribution in [0.1, 0.15) is 12.8 Å². The topological polar surface area (TPSA) is 69.6 Å². The van der Waals surface area contributed by atoms with Crippen molar-refractivity contribution < 1.29 is 14.7 Å². The van der Waals surface area contributed by atoms with Crippen LogP contribution in [0.4, 0.5) is 10.5 Å². The van der Waals surface area contributed by atoms with Gasteiger partial charge < -0.3 is 15.3 Å². The second-order valence-corrected chi connectivity index (χ2v) is 5.51. The summed E-state index contributed by atoms with van der Waals surface area (Å²) in [5.74, 6) is -0.971. The number of carboxylic acid groups (broad SMARTS) is 1. The molecule has 1 saturated heterocycles. The van der Waals surface area contributed by atoms with Gasteiger partial charge in [0.05, 0.1) is 5.02 Å². The zero-order valence-electron chi connectivity index (χ0n) is 9.90. The first-order valence-corrected chi connectivity index (χ1v) is 6.91. The first-order chi connectivity index (χ1) is 8.99. The summed E-state index contributed by atoms with van der Waals surface area (Å²) in [7, 11) is 0. The highest BCUT2D eigenvalue weighted by atomic mass is 79.9. The summed E-state index contributed by atoms with van der Waals surface area (Å²) in [5, 5.41) is 12.2. The van der Waals surface area contributed by atoms with Crippen molar-refractivity contribution in [2.75, 3.05) is 11.9 Å². The van der Waals surface area contributed by atoms with Crippen molar-refractivity contribution in [2.24, 2.45) is 0 Å². The molecule has 0 spiro atoms. The summed E-state index contributed by atoms with van der Waals surface area (Å²) in [6.07, 6.45) is 1.19. The average Bonchev–Trinajstić information content (AvgIpc) is 2.83. The fourth-order valence-electron chi connectivity index (χ4n) is 2.04. The number of carbonyl (C=O) groups is 2. The first-order valence-electron chi connectivity index (χ1n) is 5.74. The van der Waals surface area contributed by atoms with Gasteiger partial charge in [-0.05, 0) is 47.0 Å². The number of rotatable bonds is 2. The van der Waals surface area contributed by atoms with Crippen molar-refractivity contribution in [1.29, 1.82) is 0 Å². The van der Waals surface area contributed by atoms with Crippen molar-refractivity contribution in [3.8, 4) is 0 Å². The second-order valence-electron chi connectivity index (χ2n) is 4.25. The number of urea groups is 1. The lowest BCUT2D eigenvalue weighted by Crippen LogP contribution is -2.42. The van der Waals surface area contributed by atoms with E-state index >= 15 is 0 Å². The zero-order valence-corrected chi connectivity index (χ0v) is 12.2. The molecule has 2 amide bonds. The normalized spacial score (nSPS) is 18.4. The maximum absolute atomic E-state index is 12.0. The van der Waals surface area contributed by atoms with E-state index in [0.29, 0.717) is 30.1 Å². The maximum Gasteiger partial charge on any atom is 0.326 e. The van der Waals surface area contributed by atoms with E-state index in [1.165, 1.54) is 4.90 Å². The summed E-state index contributed by atoms with van der Waals surface area (Å²) in [6, 6.07) is 3.86. The van der Waals surface area contributed by atoms with E-state index in [9.17, 15) is 9.59 Å². The van der Waals surface area contributed by atoms with Gasteiger partial charge in [0, 0.05) is 16.7 Å². The molecule has 2 rings (SSSR count). The molecular weight excluding hydrogens is 336 g/mol. The van der Waals surface area contributed by atoms with Gasteiger partial charge in [-0.25, -0.2) is 9.59 Å². The second kappa shape index (κ2) is 5.79. The number of halogens is 2. The van der Waals surface area contributed by atoms with E-state index in [1.54, 1.807) is 18.2 Å². The Bertz CT molecular complexity index is 524. The van der Waals surface area contributed by atoms with Gasteiger partial charge >= 0.3 is 12.0 Å². The molecule has 0 saturated carbocycles. The van der Waals surface area contributed by atoms with Crippen LogP contribution < -0.4 is 5.32 Å². The minimum Gasteiger partial charge on any atom is -0.480 e. The quantitative estimate of drug-likeness (QED) is 0.863. The number of anilines is 1. The van der Waals surface area contributed by atoms with Crippen molar-refractivity contribution in [3.05, 3.63) is 27.7 Å². The van der Waals surface area contributed by atoms with Crippen LogP contribution in [0.3, 0.4) is 0 Å². The van der Waals surface area contributed by atoms with Crippen LogP contribution in [0.2, 0.25) is 5.02 Å². The number of amides is 2. The Morgan fingerprint density at radius 1 is 1.47 bits per heavy atom. The lowest BCUT2D eigenvalue weighted by atomic mass is 10.2. The van der Waals surface area contributed by atoms with Crippen LogP contribution in [0, 0.1) is 0 Å². The Labute approximate surface area is 123 Å². The highest BCUT2D eigenvalue weighted by Gasteiger charge is 2.33. The Hall–Kier alpha value is -1.27. The zero-order chi connectivity index (χ0) is 14.0. The number of hydrogen-bond donors (Lipinski definition) is 2. The van der Waals surface area contributed by atoms with Gasteiger partial charge in [-0.15, -0.1) is 0 Å². The summed E-state index contributed by atoms with van der Waals surface area (Å²) in [6.45, 7) is 0.451. The minimum absolute atomic E-state index is 0.414. The van der Waals surface area contributed by atoms with Gasteiger partial charge in [-0.3, -0.25) is 0 Å². The summed E-state index contributed by atoms with van der Waals surface area (Å²) in [5.41, 5.74) is 0.536. The number of likely N-dealkylation sites (tertiary alicyclic amines) is 1. The Morgan fingerprint density at radius 3 is 2.84 bits per heavy atom. The van der Waals surface area contributed by atoms with Crippen LogP contribution in [-0.2, 0) is 4.79 Å². The number of carbonyl (C=O) groups excluding carboxylic acids is 1. The van der Waals surface area contributed by atoms with E-state index < -0.39 is 18.0 Å².